The second-order valence-corrected chi connectivity index (χ2v) is 6.75. The fourth-order valence-electron chi connectivity index (χ4n) is 3.93. The van der Waals surface area contributed by atoms with Gasteiger partial charge in [-0.3, -0.25) is 9.59 Å². The zero-order chi connectivity index (χ0) is 16.9. The van der Waals surface area contributed by atoms with E-state index in [-0.39, 0.29) is 31.1 Å². The number of ether oxygens (including phenoxy) is 1. The Labute approximate surface area is 144 Å². The van der Waals surface area contributed by atoms with Gasteiger partial charge in [0.05, 0.1) is 31.1 Å². The molecule has 1 aromatic carbocycles. The Bertz CT molecular complexity index is 720. The van der Waals surface area contributed by atoms with Crippen molar-refractivity contribution in [1.29, 1.82) is 0 Å². The second kappa shape index (κ2) is 5.58. The lowest BCUT2D eigenvalue weighted by Crippen LogP contribution is -2.44. The molecular weight excluding hydrogens is 332 g/mol. The molecular formula is C17H17ClN2O4. The second-order valence-electron chi connectivity index (χ2n) is 6.32. The summed E-state index contributed by atoms with van der Waals surface area (Å²) < 4.78 is 6.02. The van der Waals surface area contributed by atoms with Crippen LogP contribution in [0.15, 0.2) is 36.4 Å². The number of nitrogens with one attached hydrogen (secondary N) is 1. The van der Waals surface area contributed by atoms with Gasteiger partial charge in [-0.2, -0.15) is 0 Å². The average Bonchev–Trinajstić information content (AvgIpc) is 3.22. The number of hydrogen-bond acceptors (Lipinski definition) is 4. The molecule has 0 saturated carbocycles. The first-order valence-corrected chi connectivity index (χ1v) is 8.26. The molecule has 4 rings (SSSR count). The standard InChI is InChI=1S/C17H17ClN2O4/c18-10-1-3-11(4-2-10)20-9-17-6-5-12(24-17)13(14(17)16(20)23)15(22)19-7-8-21/h1-6,12-14,21H,7-9H2,(H,19,22)/t12-,13-,14-,17+/m1/s1. The number of nitrogens with zero attached hydrogens (tertiary/aromatic N) is 1. The molecule has 3 heterocycles. The van der Waals surface area contributed by atoms with E-state index in [2.05, 4.69) is 5.32 Å². The van der Waals surface area contributed by atoms with Gasteiger partial charge in [0, 0.05) is 17.3 Å². The van der Waals surface area contributed by atoms with E-state index in [0.717, 1.165) is 5.69 Å². The SMILES string of the molecule is O=C(NCCO)[C@@H]1[C@H]2C=C[C@@]3(CN(c4ccc(Cl)cc4)C(=O)[C@@H]13)O2. The number of rotatable bonds is 4. The van der Waals surface area contributed by atoms with Crippen LogP contribution in [-0.4, -0.2) is 48.3 Å². The Morgan fingerprint density at radius 3 is 2.88 bits per heavy atom. The van der Waals surface area contributed by atoms with Crippen LogP contribution in [0.3, 0.4) is 0 Å². The Kier molecular flexibility index (Phi) is 3.63. The lowest BCUT2D eigenvalue weighted by atomic mass is 9.77. The number of fused-ring (bicyclic) bond motifs is 1. The zero-order valence-corrected chi connectivity index (χ0v) is 13.6. The van der Waals surface area contributed by atoms with E-state index in [1.54, 1.807) is 29.2 Å². The molecule has 7 heteroatoms. The summed E-state index contributed by atoms with van der Waals surface area (Å²) in [6.07, 6.45) is 3.38. The lowest BCUT2D eigenvalue weighted by Gasteiger charge is -2.23. The highest BCUT2D eigenvalue weighted by Crippen LogP contribution is 2.52. The normalized spacial score (nSPS) is 33.2. The molecule has 126 valence electrons. The highest BCUT2D eigenvalue weighted by molar-refractivity contribution is 6.30. The first kappa shape index (κ1) is 15.6. The number of halogens is 1. The molecule has 0 unspecified atom stereocenters. The quantitative estimate of drug-likeness (QED) is 0.786. The van der Waals surface area contributed by atoms with Crippen LogP contribution in [0.1, 0.15) is 0 Å². The number of aliphatic hydroxyl groups excluding tert-OH is 1. The third kappa shape index (κ3) is 2.17. The average molecular weight is 349 g/mol. The fourth-order valence-corrected chi connectivity index (χ4v) is 4.06. The van der Waals surface area contributed by atoms with Crippen molar-refractivity contribution in [1.82, 2.24) is 5.32 Å². The van der Waals surface area contributed by atoms with Crippen LogP contribution in [0.25, 0.3) is 0 Å². The number of anilines is 1. The molecule has 2 fully saturated rings. The molecule has 0 aromatic heterocycles. The van der Waals surface area contributed by atoms with Gasteiger partial charge in [-0.05, 0) is 24.3 Å². The van der Waals surface area contributed by atoms with Crippen LogP contribution in [0.4, 0.5) is 5.69 Å². The van der Waals surface area contributed by atoms with E-state index in [1.807, 2.05) is 12.2 Å². The van der Waals surface area contributed by atoms with Crippen LogP contribution < -0.4 is 10.2 Å². The molecule has 2 N–H and O–H groups in total. The van der Waals surface area contributed by atoms with Crippen molar-refractivity contribution < 1.29 is 19.4 Å². The van der Waals surface area contributed by atoms with Gasteiger partial charge in [-0.15, -0.1) is 0 Å². The molecule has 2 bridgehead atoms. The number of hydrogen-bond donors (Lipinski definition) is 2. The van der Waals surface area contributed by atoms with Crippen molar-refractivity contribution in [2.75, 3.05) is 24.6 Å². The van der Waals surface area contributed by atoms with Crippen LogP contribution in [0.2, 0.25) is 5.02 Å². The number of carbonyl (C=O) groups is 2. The van der Waals surface area contributed by atoms with Crippen molar-refractivity contribution in [2.24, 2.45) is 11.8 Å². The van der Waals surface area contributed by atoms with Crippen LogP contribution >= 0.6 is 11.6 Å². The maximum Gasteiger partial charge on any atom is 0.234 e. The van der Waals surface area contributed by atoms with Gasteiger partial charge in [0.2, 0.25) is 11.8 Å². The lowest BCUT2D eigenvalue weighted by molar-refractivity contribution is -0.132. The molecule has 1 spiro atoms. The molecule has 4 atom stereocenters. The van der Waals surface area contributed by atoms with E-state index in [9.17, 15) is 9.59 Å². The summed E-state index contributed by atoms with van der Waals surface area (Å²) in [7, 11) is 0. The number of carbonyl (C=O) groups excluding carboxylic acids is 2. The van der Waals surface area contributed by atoms with Crippen molar-refractivity contribution in [3.63, 3.8) is 0 Å². The van der Waals surface area contributed by atoms with Gasteiger partial charge in [-0.1, -0.05) is 23.8 Å². The molecule has 6 nitrogen and oxygen atoms in total. The van der Waals surface area contributed by atoms with Crippen molar-refractivity contribution >= 4 is 29.1 Å². The Morgan fingerprint density at radius 1 is 1.42 bits per heavy atom. The molecule has 3 aliphatic heterocycles. The zero-order valence-electron chi connectivity index (χ0n) is 12.8. The van der Waals surface area contributed by atoms with Gasteiger partial charge < -0.3 is 20.1 Å². The first-order chi connectivity index (χ1) is 11.6. The minimum atomic E-state index is -0.747. The summed E-state index contributed by atoms with van der Waals surface area (Å²) in [5, 5.41) is 12.2. The van der Waals surface area contributed by atoms with Gasteiger partial charge in [0.25, 0.3) is 0 Å². The van der Waals surface area contributed by atoms with Crippen molar-refractivity contribution in [2.45, 2.75) is 11.7 Å². The van der Waals surface area contributed by atoms with Gasteiger partial charge >= 0.3 is 0 Å². The number of amides is 2. The van der Waals surface area contributed by atoms with Gasteiger partial charge in [0.1, 0.15) is 5.60 Å². The van der Waals surface area contributed by atoms with E-state index in [4.69, 9.17) is 21.4 Å². The predicted octanol–water partition coefficient (Wildman–Crippen LogP) is 0.735. The summed E-state index contributed by atoms with van der Waals surface area (Å²) in [6, 6.07) is 7.04. The maximum atomic E-state index is 13.0. The van der Waals surface area contributed by atoms with Crippen molar-refractivity contribution in [3.8, 4) is 0 Å². The third-order valence-corrected chi connectivity index (χ3v) is 5.20. The smallest absolute Gasteiger partial charge is 0.234 e. The van der Waals surface area contributed by atoms with E-state index >= 15 is 0 Å². The highest BCUT2D eigenvalue weighted by atomic mass is 35.5. The van der Waals surface area contributed by atoms with E-state index in [0.29, 0.717) is 11.6 Å². The van der Waals surface area contributed by atoms with Gasteiger partial charge in [0.15, 0.2) is 0 Å². The summed E-state index contributed by atoms with van der Waals surface area (Å²) in [5.74, 6) is -1.47. The minimum absolute atomic E-state index is 0.117. The van der Waals surface area contributed by atoms with Crippen LogP contribution in [0.5, 0.6) is 0 Å². The molecule has 2 saturated heterocycles. The first-order valence-electron chi connectivity index (χ1n) is 7.88. The summed E-state index contributed by atoms with van der Waals surface area (Å²) in [6.45, 7) is 0.413. The molecule has 1 aromatic rings. The Hall–Kier alpha value is -1.89. The number of benzene rings is 1. The minimum Gasteiger partial charge on any atom is -0.395 e. The summed E-state index contributed by atoms with van der Waals surface area (Å²) >= 11 is 5.91. The summed E-state index contributed by atoms with van der Waals surface area (Å²) in [5.41, 5.74) is -0.00839. The van der Waals surface area contributed by atoms with Gasteiger partial charge in [-0.25, -0.2) is 0 Å². The fraction of sp³-hybridized carbons (Fsp3) is 0.412. The topological polar surface area (TPSA) is 78.9 Å². The monoisotopic (exact) mass is 348 g/mol. The Balaban J connectivity index is 1.64. The molecule has 2 amide bonds. The van der Waals surface area contributed by atoms with E-state index in [1.165, 1.54) is 0 Å². The molecule has 3 aliphatic rings. The number of aliphatic hydroxyl groups is 1. The third-order valence-electron chi connectivity index (χ3n) is 4.95. The highest BCUT2D eigenvalue weighted by Gasteiger charge is 2.66. The molecule has 0 aliphatic carbocycles. The maximum absolute atomic E-state index is 13.0. The molecule has 24 heavy (non-hydrogen) atoms. The molecule has 0 radical (unpaired) electrons. The summed E-state index contributed by atoms with van der Waals surface area (Å²) in [4.78, 5) is 27.1. The van der Waals surface area contributed by atoms with Crippen LogP contribution in [0, 0.1) is 11.8 Å². The largest absolute Gasteiger partial charge is 0.395 e. The van der Waals surface area contributed by atoms with Crippen molar-refractivity contribution in [3.05, 3.63) is 41.4 Å². The van der Waals surface area contributed by atoms with E-state index < -0.39 is 17.4 Å². The Morgan fingerprint density at radius 2 is 2.17 bits per heavy atom. The predicted molar refractivity (Wildman–Crippen MR) is 87.6 cm³/mol. The van der Waals surface area contributed by atoms with Crippen LogP contribution in [-0.2, 0) is 14.3 Å².